The molecule has 3 heterocycles. The summed E-state index contributed by atoms with van der Waals surface area (Å²) in [6, 6.07) is 7.96. The number of benzene rings is 1. The van der Waals surface area contributed by atoms with Crippen LogP contribution in [-0.4, -0.2) is 49.3 Å². The molecule has 0 radical (unpaired) electrons. The van der Waals surface area contributed by atoms with Gasteiger partial charge in [-0.05, 0) is 42.9 Å². The summed E-state index contributed by atoms with van der Waals surface area (Å²) in [6.45, 7) is 10.6. The average Bonchev–Trinajstić information content (AvgIpc) is 3.54. The van der Waals surface area contributed by atoms with Gasteiger partial charge in [0.25, 0.3) is 0 Å². The summed E-state index contributed by atoms with van der Waals surface area (Å²) in [5, 5.41) is 11.1. The molecule has 2 unspecified atom stereocenters. The van der Waals surface area contributed by atoms with Crippen LogP contribution in [0.1, 0.15) is 57.8 Å². The van der Waals surface area contributed by atoms with Gasteiger partial charge in [-0.25, -0.2) is 9.07 Å². The second kappa shape index (κ2) is 12.4. The van der Waals surface area contributed by atoms with Gasteiger partial charge in [-0.3, -0.25) is 14.6 Å². The molecule has 1 fully saturated rings. The van der Waals surface area contributed by atoms with E-state index in [9.17, 15) is 14.0 Å². The van der Waals surface area contributed by atoms with Crippen LogP contribution in [0.2, 0.25) is 0 Å². The summed E-state index contributed by atoms with van der Waals surface area (Å²) in [4.78, 5) is 31.9. The van der Waals surface area contributed by atoms with Gasteiger partial charge >= 0.3 is 0 Å². The summed E-state index contributed by atoms with van der Waals surface area (Å²) >= 11 is 0. The molecule has 1 aliphatic rings. The average molecular weight is 495 g/mol. The van der Waals surface area contributed by atoms with Crippen molar-refractivity contribution < 1.29 is 14.0 Å². The van der Waals surface area contributed by atoms with E-state index in [1.54, 1.807) is 28.0 Å². The summed E-state index contributed by atoms with van der Waals surface area (Å²) in [6.07, 6.45) is 5.90. The number of aromatic nitrogens is 4. The Labute approximate surface area is 211 Å². The summed E-state index contributed by atoms with van der Waals surface area (Å²) in [5.74, 6) is -0.661. The zero-order valence-electron chi connectivity index (χ0n) is 21.6. The molecule has 192 valence electrons. The molecule has 8 nitrogen and oxygen atoms in total. The Bertz CT molecular complexity index is 1160. The van der Waals surface area contributed by atoms with Gasteiger partial charge in [0, 0.05) is 31.0 Å². The third-order valence-electron chi connectivity index (χ3n) is 6.14. The molecule has 2 atom stereocenters. The van der Waals surface area contributed by atoms with Gasteiger partial charge in [0.1, 0.15) is 17.9 Å². The van der Waals surface area contributed by atoms with Crippen molar-refractivity contribution in [3.05, 3.63) is 66.0 Å². The lowest BCUT2D eigenvalue weighted by Gasteiger charge is -2.29. The number of nitrogens with zero attached hydrogens (tertiary/aromatic N) is 5. The highest BCUT2D eigenvalue weighted by Crippen LogP contribution is 2.26. The normalized spacial score (nSPS) is 15.9. The Morgan fingerprint density at radius 1 is 1.17 bits per heavy atom. The lowest BCUT2D eigenvalue weighted by molar-refractivity contribution is -0.142. The molecule has 1 aliphatic heterocycles. The highest BCUT2D eigenvalue weighted by atomic mass is 19.1. The molecule has 2 amide bonds. The van der Waals surface area contributed by atoms with Crippen molar-refractivity contribution in [3.8, 4) is 11.1 Å². The van der Waals surface area contributed by atoms with Crippen molar-refractivity contribution in [3.63, 3.8) is 0 Å². The van der Waals surface area contributed by atoms with E-state index >= 15 is 0 Å². The fourth-order valence-corrected chi connectivity index (χ4v) is 4.40. The van der Waals surface area contributed by atoms with Crippen LogP contribution in [0.25, 0.3) is 11.1 Å². The molecule has 4 rings (SSSR count). The minimum absolute atomic E-state index is 0.00154. The van der Waals surface area contributed by atoms with Crippen LogP contribution < -0.4 is 5.32 Å². The summed E-state index contributed by atoms with van der Waals surface area (Å²) < 4.78 is 15.6. The Morgan fingerprint density at radius 3 is 2.50 bits per heavy atom. The molecule has 2 aromatic heterocycles. The maximum atomic E-state index is 14.0. The molecular weight excluding hydrogens is 459 g/mol. The Kier molecular flexibility index (Phi) is 9.27. The maximum Gasteiger partial charge on any atom is 0.248 e. The van der Waals surface area contributed by atoms with E-state index < -0.39 is 12.1 Å². The first-order valence-electron chi connectivity index (χ1n) is 12.5. The zero-order chi connectivity index (χ0) is 26.2. The number of nitrogens with one attached hydrogen (secondary N) is 1. The molecule has 0 spiro atoms. The fourth-order valence-electron chi connectivity index (χ4n) is 4.40. The minimum Gasteiger partial charge on any atom is -0.350 e. The molecule has 1 N–H and O–H groups in total. The van der Waals surface area contributed by atoms with E-state index in [1.165, 1.54) is 6.20 Å². The number of carbonyl (C=O) groups is 2. The van der Waals surface area contributed by atoms with Crippen LogP contribution in [0.15, 0.2) is 48.9 Å². The third kappa shape index (κ3) is 6.13. The molecule has 36 heavy (non-hydrogen) atoms. The number of pyridine rings is 1. The van der Waals surface area contributed by atoms with Gasteiger partial charge in [-0.1, -0.05) is 57.2 Å². The maximum absolute atomic E-state index is 14.0. The third-order valence-corrected chi connectivity index (χ3v) is 6.14. The molecule has 1 aromatic carbocycles. The zero-order valence-corrected chi connectivity index (χ0v) is 21.6. The van der Waals surface area contributed by atoms with E-state index in [-0.39, 0.29) is 23.5 Å². The second-order valence-electron chi connectivity index (χ2n) is 8.99. The second-order valence-corrected chi connectivity index (χ2v) is 8.99. The van der Waals surface area contributed by atoms with E-state index in [0.29, 0.717) is 25.1 Å². The predicted molar refractivity (Wildman–Crippen MR) is 136 cm³/mol. The smallest absolute Gasteiger partial charge is 0.248 e. The van der Waals surface area contributed by atoms with Crippen LogP contribution in [-0.2, 0) is 16.1 Å². The van der Waals surface area contributed by atoms with Gasteiger partial charge in [0.05, 0.1) is 11.9 Å². The van der Waals surface area contributed by atoms with Gasteiger partial charge in [-0.15, -0.1) is 5.10 Å². The highest BCUT2D eigenvalue weighted by molar-refractivity contribution is 5.89. The van der Waals surface area contributed by atoms with Crippen molar-refractivity contribution in [2.75, 3.05) is 6.54 Å². The van der Waals surface area contributed by atoms with Crippen molar-refractivity contribution >= 4 is 11.8 Å². The van der Waals surface area contributed by atoms with Gasteiger partial charge in [0.15, 0.2) is 0 Å². The van der Waals surface area contributed by atoms with Crippen molar-refractivity contribution in [2.45, 2.75) is 66.1 Å². The summed E-state index contributed by atoms with van der Waals surface area (Å²) in [5.41, 5.74) is 2.85. The molecule has 0 bridgehead atoms. The van der Waals surface area contributed by atoms with Crippen LogP contribution in [0.3, 0.4) is 0 Å². The van der Waals surface area contributed by atoms with Crippen LogP contribution in [0, 0.1) is 18.7 Å². The standard InChI is InChI=1S/C25H29FN6O2.C2H6/c1-16(2)23(32-15-17(3)29-30-32)25(34)31-12-4-5-22(31)24(33)28-13-18-6-8-19(9-7-18)20-10-11-27-14-21(20)26;1-2/h6-11,14-16,22-23H,4-5,12-13H2,1-3H3,(H,28,33);1-2H3. The lowest BCUT2D eigenvalue weighted by atomic mass is 10.0. The quantitative estimate of drug-likeness (QED) is 0.528. The largest absolute Gasteiger partial charge is 0.350 e. The molecule has 9 heteroatoms. The predicted octanol–water partition coefficient (Wildman–Crippen LogP) is 4.32. The number of hydrogen-bond acceptors (Lipinski definition) is 5. The highest BCUT2D eigenvalue weighted by Gasteiger charge is 2.39. The Hall–Kier alpha value is -3.62. The van der Waals surface area contributed by atoms with Crippen molar-refractivity contribution in [1.29, 1.82) is 0 Å². The Balaban J connectivity index is 0.00000176. The van der Waals surface area contributed by atoms with Crippen LogP contribution in [0.5, 0.6) is 0 Å². The van der Waals surface area contributed by atoms with Gasteiger partial charge in [-0.2, -0.15) is 0 Å². The fraction of sp³-hybridized carbons (Fsp3) is 0.444. The van der Waals surface area contributed by atoms with Crippen LogP contribution in [0.4, 0.5) is 4.39 Å². The first-order valence-corrected chi connectivity index (χ1v) is 12.5. The monoisotopic (exact) mass is 494 g/mol. The van der Waals surface area contributed by atoms with Crippen molar-refractivity contribution in [1.82, 2.24) is 30.2 Å². The van der Waals surface area contributed by atoms with Crippen molar-refractivity contribution in [2.24, 2.45) is 5.92 Å². The minimum atomic E-state index is -0.511. The van der Waals surface area contributed by atoms with E-state index in [2.05, 4.69) is 20.6 Å². The lowest BCUT2D eigenvalue weighted by Crippen LogP contribution is -2.48. The van der Waals surface area contributed by atoms with Crippen LogP contribution >= 0.6 is 0 Å². The summed E-state index contributed by atoms with van der Waals surface area (Å²) in [7, 11) is 0. The van der Waals surface area contributed by atoms with E-state index in [0.717, 1.165) is 23.2 Å². The number of amides is 2. The molecule has 3 aromatic rings. The first kappa shape index (κ1) is 27.0. The van der Waals surface area contributed by atoms with E-state index in [1.807, 2.05) is 58.9 Å². The molecular formula is C27H35FN6O2. The SMILES string of the molecule is CC.Cc1cn(C(C(=O)N2CCCC2C(=O)NCc2ccc(-c3ccncc3F)cc2)C(C)C)nn1. The number of hydrogen-bond donors (Lipinski definition) is 1. The van der Waals surface area contributed by atoms with Gasteiger partial charge < -0.3 is 10.2 Å². The topological polar surface area (TPSA) is 93.0 Å². The molecule has 0 aliphatic carbocycles. The molecule has 0 saturated carbocycles. The first-order chi connectivity index (χ1) is 17.3. The number of halogens is 1. The number of likely N-dealkylation sites (tertiary alicyclic amines) is 1. The Morgan fingerprint density at radius 2 is 1.89 bits per heavy atom. The van der Waals surface area contributed by atoms with E-state index in [4.69, 9.17) is 0 Å². The number of carbonyl (C=O) groups excluding carboxylic acids is 2. The number of aryl methyl sites for hydroxylation is 1. The molecule has 1 saturated heterocycles. The van der Waals surface area contributed by atoms with Gasteiger partial charge in [0.2, 0.25) is 11.8 Å². The number of rotatable bonds is 7.